The molecule has 0 unspecified atom stereocenters. The summed E-state index contributed by atoms with van der Waals surface area (Å²) in [5, 5.41) is 3.11. The molecule has 0 atom stereocenters. The monoisotopic (exact) mass is 286 g/mol. The third-order valence-corrected chi connectivity index (χ3v) is 4.34. The van der Waals surface area contributed by atoms with Crippen LogP contribution < -0.4 is 5.32 Å². The zero-order chi connectivity index (χ0) is 14.7. The Morgan fingerprint density at radius 1 is 1.05 bits per heavy atom. The Morgan fingerprint density at radius 3 is 2.33 bits per heavy atom. The number of likely N-dealkylation sites (tertiary alicyclic amines) is 1. The second-order valence-electron chi connectivity index (χ2n) is 6.10. The Morgan fingerprint density at radius 2 is 1.71 bits per heavy atom. The first kappa shape index (κ1) is 14.1. The first-order chi connectivity index (χ1) is 10.2. The Hall–Kier alpha value is -1.84. The highest BCUT2D eigenvalue weighted by atomic mass is 16.2. The van der Waals surface area contributed by atoms with Crippen molar-refractivity contribution in [3.05, 3.63) is 35.9 Å². The van der Waals surface area contributed by atoms with Crippen molar-refractivity contribution in [3.8, 4) is 0 Å². The van der Waals surface area contributed by atoms with Crippen molar-refractivity contribution in [1.29, 1.82) is 0 Å². The van der Waals surface area contributed by atoms with Gasteiger partial charge in [-0.1, -0.05) is 30.3 Å². The fraction of sp³-hybridized carbons (Fsp3) is 0.529. The summed E-state index contributed by atoms with van der Waals surface area (Å²) < 4.78 is 0. The molecule has 0 bridgehead atoms. The summed E-state index contributed by atoms with van der Waals surface area (Å²) in [5.41, 5.74) is 1.06. The zero-order valence-electron chi connectivity index (χ0n) is 12.3. The molecule has 4 heteroatoms. The van der Waals surface area contributed by atoms with Gasteiger partial charge in [-0.15, -0.1) is 0 Å². The van der Waals surface area contributed by atoms with Crippen LogP contribution in [0.2, 0.25) is 0 Å². The summed E-state index contributed by atoms with van der Waals surface area (Å²) in [6, 6.07) is 10.1. The molecular formula is C17H22N2O2. The van der Waals surface area contributed by atoms with Gasteiger partial charge in [-0.05, 0) is 31.2 Å². The van der Waals surface area contributed by atoms with Crippen LogP contribution in [0.25, 0.3) is 0 Å². The largest absolute Gasteiger partial charge is 0.353 e. The normalized spacial score (nSPS) is 19.3. The molecule has 1 aromatic rings. The zero-order valence-corrected chi connectivity index (χ0v) is 12.3. The summed E-state index contributed by atoms with van der Waals surface area (Å²) in [5.74, 6) is 0.667. The molecule has 2 fully saturated rings. The minimum atomic E-state index is 0.188. The highest BCUT2D eigenvalue weighted by Crippen LogP contribution is 2.29. The third kappa shape index (κ3) is 3.84. The standard InChI is InChI=1S/C17H22N2O2/c20-16(12-13-4-2-1-3-5-13)19-10-8-15(9-11-19)18-17(21)14-6-7-14/h1-5,14-15H,6-12H2,(H,18,21). The molecule has 2 aliphatic rings. The average Bonchev–Trinajstić information content (AvgIpc) is 3.33. The summed E-state index contributed by atoms with van der Waals surface area (Å²) in [6.07, 6.45) is 4.30. The topological polar surface area (TPSA) is 49.4 Å². The highest BCUT2D eigenvalue weighted by Gasteiger charge is 2.32. The highest BCUT2D eigenvalue weighted by molar-refractivity contribution is 5.81. The quantitative estimate of drug-likeness (QED) is 0.916. The van der Waals surface area contributed by atoms with Crippen molar-refractivity contribution in [2.75, 3.05) is 13.1 Å². The van der Waals surface area contributed by atoms with Crippen LogP contribution in [0.4, 0.5) is 0 Å². The maximum absolute atomic E-state index is 12.3. The van der Waals surface area contributed by atoms with Crippen LogP contribution in [0.1, 0.15) is 31.2 Å². The van der Waals surface area contributed by atoms with E-state index in [0.717, 1.165) is 44.3 Å². The van der Waals surface area contributed by atoms with Gasteiger partial charge in [0.1, 0.15) is 0 Å². The van der Waals surface area contributed by atoms with Crippen molar-refractivity contribution in [2.24, 2.45) is 5.92 Å². The molecule has 1 saturated carbocycles. The number of carbonyl (C=O) groups excluding carboxylic acids is 2. The van der Waals surface area contributed by atoms with E-state index < -0.39 is 0 Å². The van der Waals surface area contributed by atoms with E-state index in [4.69, 9.17) is 0 Å². The number of hydrogen-bond acceptors (Lipinski definition) is 2. The number of amides is 2. The Balaban J connectivity index is 1.44. The van der Waals surface area contributed by atoms with Crippen molar-refractivity contribution in [3.63, 3.8) is 0 Å². The second-order valence-corrected chi connectivity index (χ2v) is 6.10. The van der Waals surface area contributed by atoms with Crippen LogP contribution in [0.5, 0.6) is 0 Å². The predicted molar refractivity (Wildman–Crippen MR) is 80.6 cm³/mol. The van der Waals surface area contributed by atoms with Crippen molar-refractivity contribution in [2.45, 2.75) is 38.1 Å². The Bertz CT molecular complexity index is 503. The summed E-state index contributed by atoms with van der Waals surface area (Å²) in [4.78, 5) is 25.9. The Labute approximate surface area is 125 Å². The first-order valence-corrected chi connectivity index (χ1v) is 7.84. The lowest BCUT2D eigenvalue weighted by Gasteiger charge is -2.32. The summed E-state index contributed by atoms with van der Waals surface area (Å²) in [7, 11) is 0. The molecule has 3 rings (SSSR count). The molecule has 4 nitrogen and oxygen atoms in total. The van der Waals surface area contributed by atoms with Crippen molar-refractivity contribution >= 4 is 11.8 Å². The minimum Gasteiger partial charge on any atom is -0.353 e. The van der Waals surface area contributed by atoms with Gasteiger partial charge in [0, 0.05) is 25.0 Å². The molecule has 1 aliphatic heterocycles. The lowest BCUT2D eigenvalue weighted by Crippen LogP contribution is -2.47. The van der Waals surface area contributed by atoms with Crippen molar-refractivity contribution < 1.29 is 9.59 Å². The van der Waals surface area contributed by atoms with Gasteiger partial charge in [-0.3, -0.25) is 9.59 Å². The fourth-order valence-electron chi connectivity index (χ4n) is 2.82. The van der Waals surface area contributed by atoms with E-state index in [1.807, 2.05) is 35.2 Å². The summed E-state index contributed by atoms with van der Waals surface area (Å²) in [6.45, 7) is 1.50. The van der Waals surface area contributed by atoms with Crippen LogP contribution in [-0.4, -0.2) is 35.8 Å². The molecule has 0 aromatic heterocycles. The number of benzene rings is 1. The molecule has 1 heterocycles. The Kier molecular flexibility index (Phi) is 4.23. The molecule has 2 amide bonds. The molecular weight excluding hydrogens is 264 g/mol. The van der Waals surface area contributed by atoms with Crippen molar-refractivity contribution in [1.82, 2.24) is 10.2 Å². The smallest absolute Gasteiger partial charge is 0.226 e. The van der Waals surface area contributed by atoms with Crippen LogP contribution in [0, 0.1) is 5.92 Å². The number of nitrogens with zero attached hydrogens (tertiary/aromatic N) is 1. The van der Waals surface area contributed by atoms with Gasteiger partial charge >= 0.3 is 0 Å². The predicted octanol–water partition coefficient (Wildman–Crippen LogP) is 1.75. The van der Waals surface area contributed by atoms with Gasteiger partial charge in [0.25, 0.3) is 0 Å². The van der Waals surface area contributed by atoms with Gasteiger partial charge in [0.2, 0.25) is 11.8 Å². The fourth-order valence-corrected chi connectivity index (χ4v) is 2.82. The van der Waals surface area contributed by atoms with Gasteiger partial charge < -0.3 is 10.2 Å². The van der Waals surface area contributed by atoms with Gasteiger partial charge in [-0.2, -0.15) is 0 Å². The molecule has 0 radical (unpaired) electrons. The SMILES string of the molecule is O=C(NC1CCN(C(=O)Cc2ccccc2)CC1)C1CC1. The van der Waals surface area contributed by atoms with Crippen LogP contribution in [-0.2, 0) is 16.0 Å². The number of nitrogens with one attached hydrogen (secondary N) is 1. The molecule has 1 aliphatic carbocycles. The van der Waals surface area contributed by atoms with Crippen LogP contribution in [0.15, 0.2) is 30.3 Å². The second kappa shape index (κ2) is 6.29. The van der Waals surface area contributed by atoms with E-state index in [1.165, 1.54) is 0 Å². The van der Waals surface area contributed by atoms with E-state index in [9.17, 15) is 9.59 Å². The molecule has 1 aromatic carbocycles. The molecule has 21 heavy (non-hydrogen) atoms. The number of piperidine rings is 1. The minimum absolute atomic E-state index is 0.188. The van der Waals surface area contributed by atoms with Crippen LogP contribution >= 0.6 is 0 Å². The van der Waals surface area contributed by atoms with E-state index in [1.54, 1.807) is 0 Å². The van der Waals surface area contributed by atoms with E-state index in [0.29, 0.717) is 6.42 Å². The first-order valence-electron chi connectivity index (χ1n) is 7.84. The number of carbonyl (C=O) groups is 2. The van der Waals surface area contributed by atoms with E-state index in [2.05, 4.69) is 5.32 Å². The number of rotatable bonds is 4. The average molecular weight is 286 g/mol. The summed E-state index contributed by atoms with van der Waals surface area (Å²) >= 11 is 0. The molecule has 0 spiro atoms. The van der Waals surface area contributed by atoms with E-state index >= 15 is 0 Å². The lowest BCUT2D eigenvalue weighted by molar-refractivity contribution is -0.131. The van der Waals surface area contributed by atoms with Crippen LogP contribution in [0.3, 0.4) is 0 Å². The molecule has 1 saturated heterocycles. The van der Waals surface area contributed by atoms with Gasteiger partial charge in [0.15, 0.2) is 0 Å². The molecule has 112 valence electrons. The van der Waals surface area contributed by atoms with E-state index in [-0.39, 0.29) is 23.8 Å². The number of hydrogen-bond donors (Lipinski definition) is 1. The third-order valence-electron chi connectivity index (χ3n) is 4.34. The lowest BCUT2D eigenvalue weighted by atomic mass is 10.0. The van der Waals surface area contributed by atoms with Gasteiger partial charge in [0.05, 0.1) is 6.42 Å². The van der Waals surface area contributed by atoms with Gasteiger partial charge in [-0.25, -0.2) is 0 Å². The molecule has 1 N–H and O–H groups in total. The maximum atomic E-state index is 12.3. The maximum Gasteiger partial charge on any atom is 0.226 e.